The molecule has 5 heteroatoms. The molecule has 0 radical (unpaired) electrons. The number of rotatable bonds is 7. The van der Waals surface area contributed by atoms with Gasteiger partial charge in [0.1, 0.15) is 0 Å². The Bertz CT molecular complexity index is 509. The third-order valence-corrected chi connectivity index (χ3v) is 4.68. The van der Waals surface area contributed by atoms with Gasteiger partial charge < -0.3 is 5.11 Å². The summed E-state index contributed by atoms with van der Waals surface area (Å²) < 4.78 is 26.7. The highest BCUT2D eigenvalue weighted by Gasteiger charge is 2.31. The van der Waals surface area contributed by atoms with Crippen LogP contribution in [0, 0.1) is 11.3 Å². The third kappa shape index (κ3) is 5.23. The number of benzene rings is 1. The highest BCUT2D eigenvalue weighted by Crippen LogP contribution is 2.25. The second-order valence-corrected chi connectivity index (χ2v) is 8.05. The lowest BCUT2D eigenvalue weighted by Gasteiger charge is -2.33. The molecule has 0 saturated heterocycles. The monoisotopic (exact) mass is 299 g/mol. The van der Waals surface area contributed by atoms with Crippen molar-refractivity contribution in [3.63, 3.8) is 0 Å². The molecule has 1 atom stereocenters. The fourth-order valence-corrected chi connectivity index (χ4v) is 3.47. The summed E-state index contributed by atoms with van der Waals surface area (Å²) in [6, 6.07) is 9.06. The average Bonchev–Trinajstić information content (AvgIpc) is 2.36. The molecule has 0 aliphatic carbocycles. The van der Waals surface area contributed by atoms with Gasteiger partial charge in [-0.05, 0) is 11.5 Å². The standard InChI is InChI=1S/C15H25NO3S/c1-12(2)14(17)15(3,4)11-16-20(18,19)10-13-8-6-5-7-9-13/h5-9,12,14,16-17H,10-11H2,1-4H3. The molecule has 0 bridgehead atoms. The maximum atomic E-state index is 12.0. The molecule has 1 unspecified atom stereocenters. The molecule has 0 aliphatic rings. The lowest BCUT2D eigenvalue weighted by molar-refractivity contribution is 0.0166. The van der Waals surface area contributed by atoms with Crippen LogP contribution in [-0.4, -0.2) is 26.2 Å². The summed E-state index contributed by atoms with van der Waals surface area (Å²) in [5.74, 6) is 0.0467. The molecule has 0 saturated carbocycles. The van der Waals surface area contributed by atoms with Gasteiger partial charge >= 0.3 is 0 Å². The van der Waals surface area contributed by atoms with Gasteiger partial charge in [-0.25, -0.2) is 13.1 Å². The van der Waals surface area contributed by atoms with E-state index in [1.807, 2.05) is 45.9 Å². The van der Waals surface area contributed by atoms with Crippen molar-refractivity contribution < 1.29 is 13.5 Å². The topological polar surface area (TPSA) is 66.4 Å². The first-order valence-electron chi connectivity index (χ1n) is 6.83. The molecular weight excluding hydrogens is 274 g/mol. The van der Waals surface area contributed by atoms with Crippen molar-refractivity contribution in [3.8, 4) is 0 Å². The minimum atomic E-state index is -3.39. The SMILES string of the molecule is CC(C)C(O)C(C)(C)CNS(=O)(=O)Cc1ccccc1. The van der Waals surface area contributed by atoms with E-state index in [0.29, 0.717) is 0 Å². The second-order valence-electron chi connectivity index (χ2n) is 6.24. The number of hydrogen-bond donors (Lipinski definition) is 2. The van der Waals surface area contributed by atoms with Crippen molar-refractivity contribution in [2.24, 2.45) is 11.3 Å². The highest BCUT2D eigenvalue weighted by atomic mass is 32.2. The van der Waals surface area contributed by atoms with Gasteiger partial charge in [0.15, 0.2) is 0 Å². The van der Waals surface area contributed by atoms with Crippen molar-refractivity contribution in [3.05, 3.63) is 35.9 Å². The molecule has 20 heavy (non-hydrogen) atoms. The molecule has 0 spiro atoms. The minimum absolute atomic E-state index is 0.0400. The summed E-state index contributed by atoms with van der Waals surface area (Å²) in [6.07, 6.45) is -0.554. The molecule has 2 N–H and O–H groups in total. The lowest BCUT2D eigenvalue weighted by atomic mass is 9.81. The zero-order chi connectivity index (χ0) is 15.4. The molecule has 1 rings (SSSR count). The fraction of sp³-hybridized carbons (Fsp3) is 0.600. The van der Waals surface area contributed by atoms with E-state index in [1.54, 1.807) is 12.1 Å². The van der Waals surface area contributed by atoms with Gasteiger partial charge in [0.05, 0.1) is 11.9 Å². The number of aliphatic hydroxyl groups excluding tert-OH is 1. The normalized spacial score (nSPS) is 14.5. The van der Waals surface area contributed by atoms with Crippen molar-refractivity contribution in [2.75, 3.05) is 6.54 Å². The Hall–Kier alpha value is -0.910. The van der Waals surface area contributed by atoms with Gasteiger partial charge in [-0.1, -0.05) is 58.0 Å². The summed E-state index contributed by atoms with van der Waals surface area (Å²) in [4.78, 5) is 0. The van der Waals surface area contributed by atoms with Crippen molar-refractivity contribution in [1.82, 2.24) is 4.72 Å². The predicted molar refractivity (Wildman–Crippen MR) is 81.7 cm³/mol. The molecule has 0 aliphatic heterocycles. The quantitative estimate of drug-likeness (QED) is 0.810. The maximum absolute atomic E-state index is 12.0. The zero-order valence-corrected chi connectivity index (χ0v) is 13.4. The number of aliphatic hydroxyl groups is 1. The van der Waals surface area contributed by atoms with E-state index in [1.165, 1.54) is 0 Å². The first kappa shape index (κ1) is 17.1. The van der Waals surface area contributed by atoms with Crippen LogP contribution in [0.25, 0.3) is 0 Å². The molecule has 0 aromatic heterocycles. The van der Waals surface area contributed by atoms with E-state index in [9.17, 15) is 13.5 Å². The van der Waals surface area contributed by atoms with Crippen LogP contribution in [-0.2, 0) is 15.8 Å². The molecule has 0 amide bonds. The zero-order valence-electron chi connectivity index (χ0n) is 12.6. The van der Waals surface area contributed by atoms with Crippen LogP contribution in [0.15, 0.2) is 30.3 Å². The highest BCUT2D eigenvalue weighted by molar-refractivity contribution is 7.88. The van der Waals surface area contributed by atoms with Crippen LogP contribution in [0.1, 0.15) is 33.3 Å². The van der Waals surface area contributed by atoms with Crippen LogP contribution in [0.3, 0.4) is 0 Å². The fourth-order valence-electron chi connectivity index (χ4n) is 2.15. The molecule has 0 fully saturated rings. The molecule has 4 nitrogen and oxygen atoms in total. The Morgan fingerprint density at radius 3 is 2.25 bits per heavy atom. The van der Waals surface area contributed by atoms with Gasteiger partial charge in [-0.3, -0.25) is 0 Å². The largest absolute Gasteiger partial charge is 0.392 e. The lowest BCUT2D eigenvalue weighted by Crippen LogP contribution is -2.43. The van der Waals surface area contributed by atoms with E-state index < -0.39 is 21.5 Å². The number of sulfonamides is 1. The van der Waals surface area contributed by atoms with Gasteiger partial charge in [0.2, 0.25) is 10.0 Å². The van der Waals surface area contributed by atoms with Gasteiger partial charge in [-0.2, -0.15) is 0 Å². The van der Waals surface area contributed by atoms with E-state index in [4.69, 9.17) is 0 Å². The summed E-state index contributed by atoms with van der Waals surface area (Å²) in [6.45, 7) is 7.79. The molecule has 0 heterocycles. The van der Waals surface area contributed by atoms with Crippen LogP contribution < -0.4 is 4.72 Å². The van der Waals surface area contributed by atoms with Crippen LogP contribution in [0.4, 0.5) is 0 Å². The van der Waals surface area contributed by atoms with E-state index in [2.05, 4.69) is 4.72 Å². The first-order chi connectivity index (χ1) is 9.14. The molecule has 1 aromatic carbocycles. The minimum Gasteiger partial charge on any atom is -0.392 e. The second kappa shape index (κ2) is 6.70. The average molecular weight is 299 g/mol. The Kier molecular flexibility index (Phi) is 5.74. The first-order valence-corrected chi connectivity index (χ1v) is 8.48. The van der Waals surface area contributed by atoms with E-state index >= 15 is 0 Å². The number of hydrogen-bond acceptors (Lipinski definition) is 3. The van der Waals surface area contributed by atoms with Crippen LogP contribution >= 0.6 is 0 Å². The Labute approximate surface area is 122 Å². The number of nitrogens with one attached hydrogen (secondary N) is 1. The van der Waals surface area contributed by atoms with Crippen LogP contribution in [0.2, 0.25) is 0 Å². The Balaban J connectivity index is 2.64. The molecule has 1 aromatic rings. The predicted octanol–water partition coefficient (Wildman–Crippen LogP) is 2.15. The van der Waals surface area contributed by atoms with Gasteiger partial charge in [0, 0.05) is 12.0 Å². The van der Waals surface area contributed by atoms with Gasteiger partial charge in [0.25, 0.3) is 0 Å². The van der Waals surface area contributed by atoms with E-state index in [-0.39, 0.29) is 18.2 Å². The summed E-state index contributed by atoms with van der Waals surface area (Å²) in [5, 5.41) is 10.1. The van der Waals surface area contributed by atoms with Gasteiger partial charge in [-0.15, -0.1) is 0 Å². The molecule has 114 valence electrons. The maximum Gasteiger partial charge on any atom is 0.215 e. The van der Waals surface area contributed by atoms with Crippen LogP contribution in [0.5, 0.6) is 0 Å². The Morgan fingerprint density at radius 2 is 1.75 bits per heavy atom. The van der Waals surface area contributed by atoms with Crippen molar-refractivity contribution in [1.29, 1.82) is 0 Å². The summed E-state index contributed by atoms with van der Waals surface area (Å²) in [5.41, 5.74) is 0.250. The summed E-state index contributed by atoms with van der Waals surface area (Å²) in [7, 11) is -3.39. The van der Waals surface area contributed by atoms with E-state index in [0.717, 1.165) is 5.56 Å². The smallest absolute Gasteiger partial charge is 0.215 e. The summed E-state index contributed by atoms with van der Waals surface area (Å²) >= 11 is 0. The Morgan fingerprint density at radius 1 is 1.20 bits per heavy atom. The van der Waals surface area contributed by atoms with Crippen molar-refractivity contribution >= 4 is 10.0 Å². The molecular formula is C15H25NO3S. The third-order valence-electron chi connectivity index (χ3n) is 3.38. The van der Waals surface area contributed by atoms with Crippen molar-refractivity contribution in [2.45, 2.75) is 39.6 Å².